The predicted octanol–water partition coefficient (Wildman–Crippen LogP) is 7.02. The number of hydrogen-bond donors (Lipinski definition) is 2. The first-order chi connectivity index (χ1) is 25.7. The third-order valence-electron chi connectivity index (χ3n) is 11.2. The monoisotopic (exact) mass is 778 g/mol. The number of methoxy groups -OCH3 is 1. The van der Waals surface area contributed by atoms with Gasteiger partial charge in [0.2, 0.25) is 11.8 Å². The molecule has 3 fully saturated rings. The van der Waals surface area contributed by atoms with Crippen LogP contribution in [0.5, 0.6) is 5.75 Å². The molecule has 6 atom stereocenters. The maximum absolute atomic E-state index is 15.4. The molecule has 4 aromatic rings. The van der Waals surface area contributed by atoms with Crippen LogP contribution in [-0.2, 0) is 35.5 Å². The van der Waals surface area contributed by atoms with Gasteiger partial charge in [-0.05, 0) is 59.5 Å². The molecule has 0 unspecified atom stereocenters. The van der Waals surface area contributed by atoms with Crippen LogP contribution in [0.25, 0.3) is 10.8 Å². The Morgan fingerprint density at radius 2 is 1.67 bits per heavy atom. The normalized spacial score (nSPS) is 26.4. The molecule has 3 heterocycles. The second kappa shape index (κ2) is 12.6. The van der Waals surface area contributed by atoms with Crippen molar-refractivity contribution in [1.29, 1.82) is 0 Å². The molecule has 2 N–H and O–H groups in total. The molecule has 2 saturated heterocycles. The van der Waals surface area contributed by atoms with Crippen LogP contribution in [0.1, 0.15) is 35.4 Å². The van der Waals surface area contributed by atoms with Gasteiger partial charge in [0.05, 0.1) is 40.9 Å². The Bertz CT molecular complexity index is 2350. The van der Waals surface area contributed by atoms with E-state index in [0.29, 0.717) is 54.7 Å². The highest BCUT2D eigenvalue weighted by Crippen LogP contribution is 2.65. The molecule has 0 bridgehead atoms. The van der Waals surface area contributed by atoms with E-state index < -0.39 is 87.3 Å². The van der Waals surface area contributed by atoms with E-state index in [1.807, 2.05) is 0 Å². The number of phenolic OH excluding ortho intramolecular Hbond substituents is 1. The van der Waals surface area contributed by atoms with Gasteiger partial charge in [-0.2, -0.15) is 23.1 Å². The number of pyridine rings is 1. The molecule has 0 spiro atoms. The van der Waals surface area contributed by atoms with Gasteiger partial charge in [-0.15, -0.1) is 0 Å². The second-order valence-corrected chi connectivity index (χ2v) is 14.5. The van der Waals surface area contributed by atoms with Gasteiger partial charge < -0.3 is 9.84 Å². The van der Waals surface area contributed by atoms with E-state index in [1.54, 1.807) is 60.7 Å². The van der Waals surface area contributed by atoms with Crippen LogP contribution in [0.3, 0.4) is 0 Å². The number of ether oxygens (including phenoxy) is 1. The fourth-order valence-corrected chi connectivity index (χ4v) is 9.29. The number of carbonyl (C=O) groups is 5. The zero-order valence-corrected chi connectivity index (χ0v) is 29.4. The Morgan fingerprint density at radius 3 is 2.33 bits per heavy atom. The summed E-state index contributed by atoms with van der Waals surface area (Å²) in [6, 6.07) is 16.9. The minimum atomic E-state index is -4.77. The van der Waals surface area contributed by atoms with Crippen LogP contribution in [0.15, 0.2) is 84.6 Å². The molecular weight excluding hydrogens is 752 g/mol. The van der Waals surface area contributed by atoms with Crippen molar-refractivity contribution in [3.63, 3.8) is 0 Å². The number of amides is 5. The standard InChI is InChI=1S/C38H27Cl2F3N4O7/c1-54-36(53)46-32(49)24-11-10-23-25(29(24)34(46)51)15-26-33(50)47(45-31-27(40)14-18(16-44-31)38(41,42)43)35(52)37(26,17-6-8-19(39)9-7-17)30(23)22-12-13-28(48)21-5-3-2-4-20(21)22/h2-10,12-14,16,24-26,29-30,48H,11,15H2,1H3,(H,44,45)/t24-,25+,26-,29-,30-,37+/m0/s1. The van der Waals surface area contributed by atoms with Crippen LogP contribution in [0.2, 0.25) is 10.0 Å². The number of hydrazine groups is 1. The van der Waals surface area contributed by atoms with Gasteiger partial charge in [0.25, 0.3) is 11.8 Å². The molecule has 5 amide bonds. The van der Waals surface area contributed by atoms with E-state index in [9.17, 15) is 37.5 Å². The van der Waals surface area contributed by atoms with Crippen molar-refractivity contribution in [2.24, 2.45) is 23.7 Å². The Morgan fingerprint density at radius 1 is 0.963 bits per heavy atom. The maximum Gasteiger partial charge on any atom is 0.423 e. The minimum absolute atomic E-state index is 0.0254. The van der Waals surface area contributed by atoms with E-state index in [2.05, 4.69) is 10.4 Å². The molecule has 54 heavy (non-hydrogen) atoms. The lowest BCUT2D eigenvalue weighted by atomic mass is 9.49. The van der Waals surface area contributed by atoms with E-state index in [-0.39, 0.29) is 18.6 Å². The van der Waals surface area contributed by atoms with Gasteiger partial charge in [0, 0.05) is 22.5 Å². The van der Waals surface area contributed by atoms with Crippen LogP contribution in [0.4, 0.5) is 23.8 Å². The molecule has 276 valence electrons. The molecule has 1 aromatic heterocycles. The predicted molar refractivity (Wildman–Crippen MR) is 187 cm³/mol. The summed E-state index contributed by atoms with van der Waals surface area (Å²) in [6.07, 6.45) is -3.74. The maximum atomic E-state index is 15.4. The number of aromatic nitrogens is 1. The number of rotatable bonds is 4. The van der Waals surface area contributed by atoms with Gasteiger partial charge >= 0.3 is 12.3 Å². The van der Waals surface area contributed by atoms with Crippen molar-refractivity contribution in [2.45, 2.75) is 30.4 Å². The molecular formula is C38H27Cl2F3N4O7. The third kappa shape index (κ3) is 5.03. The van der Waals surface area contributed by atoms with Crippen molar-refractivity contribution in [3.8, 4) is 5.75 Å². The Labute approximate surface area is 314 Å². The van der Waals surface area contributed by atoms with Crippen molar-refractivity contribution in [3.05, 3.63) is 111 Å². The fraction of sp³-hybridized carbons (Fsp3) is 0.263. The van der Waals surface area contributed by atoms with E-state index in [1.165, 1.54) is 6.07 Å². The first kappa shape index (κ1) is 35.6. The highest BCUT2D eigenvalue weighted by Gasteiger charge is 2.71. The largest absolute Gasteiger partial charge is 0.507 e. The van der Waals surface area contributed by atoms with Crippen molar-refractivity contribution in [1.82, 2.24) is 14.9 Å². The lowest BCUT2D eigenvalue weighted by molar-refractivity contribution is -0.140. The third-order valence-corrected chi connectivity index (χ3v) is 11.7. The summed E-state index contributed by atoms with van der Waals surface area (Å²) in [5, 5.41) is 12.4. The van der Waals surface area contributed by atoms with Gasteiger partial charge in [0.15, 0.2) is 5.82 Å². The molecule has 11 nitrogen and oxygen atoms in total. The Balaban J connectivity index is 1.37. The summed E-state index contributed by atoms with van der Waals surface area (Å²) >= 11 is 12.6. The van der Waals surface area contributed by atoms with Crippen molar-refractivity contribution in [2.75, 3.05) is 12.5 Å². The SMILES string of the molecule is COC(=O)N1C(=O)[C@H]2[C@H](CC=C3[C@H]2C[C@H]2C(=O)N(Nc4ncc(C(F)(F)F)cc4Cl)C(=O)[C@@]2(c2ccc(Cl)cc2)[C@H]3c2ccc(O)c3ccccc23)C1=O. The summed E-state index contributed by atoms with van der Waals surface area (Å²) in [6.45, 7) is 0. The number of alkyl halides is 3. The summed E-state index contributed by atoms with van der Waals surface area (Å²) in [5.41, 5.74) is 1.07. The van der Waals surface area contributed by atoms with Crippen molar-refractivity contribution >= 4 is 69.5 Å². The Hall–Kier alpha value is -5.47. The molecule has 3 aromatic carbocycles. The van der Waals surface area contributed by atoms with Gasteiger partial charge in [-0.1, -0.05) is 77.3 Å². The first-order valence-corrected chi connectivity index (χ1v) is 17.5. The van der Waals surface area contributed by atoms with Crippen molar-refractivity contribution < 1.29 is 47.0 Å². The van der Waals surface area contributed by atoms with Gasteiger partial charge in [-0.3, -0.25) is 24.6 Å². The highest BCUT2D eigenvalue weighted by molar-refractivity contribution is 6.33. The summed E-state index contributed by atoms with van der Waals surface area (Å²) < 4.78 is 45.2. The van der Waals surface area contributed by atoms with E-state index >= 15 is 4.79 Å². The molecule has 4 aliphatic rings. The van der Waals surface area contributed by atoms with E-state index in [0.717, 1.165) is 7.11 Å². The number of hydrogen-bond acceptors (Lipinski definition) is 9. The molecule has 0 radical (unpaired) electrons. The zero-order valence-electron chi connectivity index (χ0n) is 27.9. The first-order valence-electron chi connectivity index (χ1n) is 16.7. The molecule has 2 aliphatic heterocycles. The number of fused-ring (bicyclic) bond motifs is 5. The topological polar surface area (TPSA) is 146 Å². The molecule has 2 aliphatic carbocycles. The molecule has 16 heteroatoms. The summed E-state index contributed by atoms with van der Waals surface area (Å²) in [7, 11) is 1.05. The van der Waals surface area contributed by atoms with Crippen LogP contribution < -0.4 is 5.43 Å². The number of aromatic hydroxyl groups is 1. The number of carbonyl (C=O) groups excluding carboxylic acids is 5. The number of nitrogens with zero attached hydrogens (tertiary/aromatic N) is 3. The molecule has 1 saturated carbocycles. The van der Waals surface area contributed by atoms with Crippen LogP contribution >= 0.6 is 23.2 Å². The minimum Gasteiger partial charge on any atom is -0.507 e. The van der Waals surface area contributed by atoms with Gasteiger partial charge in [0.1, 0.15) is 5.75 Å². The summed E-state index contributed by atoms with van der Waals surface area (Å²) in [5.74, 6) is -8.79. The smallest absolute Gasteiger partial charge is 0.423 e. The Kier molecular flexibility index (Phi) is 8.27. The number of phenols is 1. The number of benzene rings is 3. The summed E-state index contributed by atoms with van der Waals surface area (Å²) in [4.78, 5) is 74.7. The highest BCUT2D eigenvalue weighted by atomic mass is 35.5. The average molecular weight is 780 g/mol. The van der Waals surface area contributed by atoms with Crippen LogP contribution in [0, 0.1) is 23.7 Å². The number of likely N-dealkylation sites (tertiary alicyclic amines) is 1. The quantitative estimate of drug-likeness (QED) is 0.165. The average Bonchev–Trinajstić information content (AvgIpc) is 3.53. The van der Waals surface area contributed by atoms with E-state index in [4.69, 9.17) is 27.9 Å². The van der Waals surface area contributed by atoms with Gasteiger partial charge in [-0.25, -0.2) is 9.78 Å². The number of imide groups is 4. The second-order valence-electron chi connectivity index (χ2n) is 13.6. The number of nitrogens with one attached hydrogen (secondary N) is 1. The lowest BCUT2D eigenvalue weighted by Gasteiger charge is -2.51. The zero-order chi connectivity index (χ0) is 38.4. The lowest BCUT2D eigenvalue weighted by Crippen LogP contribution is -2.53. The molecule has 8 rings (SSSR count). The fourth-order valence-electron chi connectivity index (χ4n) is 8.96. The number of halogens is 5. The number of anilines is 1. The van der Waals surface area contributed by atoms with Crippen LogP contribution in [-0.4, -0.2) is 56.8 Å². The number of allylic oxidation sites excluding steroid dienone is 2.